The molecule has 4 fully saturated rings. The predicted molar refractivity (Wildman–Crippen MR) is 146 cm³/mol. The van der Waals surface area contributed by atoms with Crippen molar-refractivity contribution in [3.05, 3.63) is 30.3 Å². The lowest BCUT2D eigenvalue weighted by molar-refractivity contribution is -0.139. The minimum atomic E-state index is -0.627. The van der Waals surface area contributed by atoms with E-state index in [0.29, 0.717) is 37.9 Å². The minimum absolute atomic E-state index is 0.0541. The van der Waals surface area contributed by atoms with Crippen molar-refractivity contribution < 1.29 is 19.2 Å². The van der Waals surface area contributed by atoms with Gasteiger partial charge in [0.2, 0.25) is 23.6 Å². The summed E-state index contributed by atoms with van der Waals surface area (Å²) in [6, 6.07) is 8.13. The van der Waals surface area contributed by atoms with Crippen molar-refractivity contribution in [3.8, 4) is 0 Å². The number of amides is 4. The molecule has 3 saturated heterocycles. The molecule has 0 spiro atoms. The smallest absolute Gasteiger partial charge is 0.243 e. The van der Waals surface area contributed by atoms with E-state index in [0.717, 1.165) is 50.7 Å². The quantitative estimate of drug-likeness (QED) is 0.390. The number of fused-ring (bicyclic) bond motifs is 10. The lowest BCUT2D eigenvalue weighted by atomic mass is 9.83. The molecule has 37 heavy (non-hydrogen) atoms. The van der Waals surface area contributed by atoms with Crippen LogP contribution in [0.25, 0.3) is 0 Å². The molecule has 4 amide bonds. The van der Waals surface area contributed by atoms with Crippen LogP contribution in [0.1, 0.15) is 70.6 Å². The molecule has 4 aliphatic rings. The summed E-state index contributed by atoms with van der Waals surface area (Å²) in [4.78, 5) is 56.7. The fraction of sp³-hybridized carbons (Fsp3) is 0.643. The molecule has 5 rings (SSSR count). The van der Waals surface area contributed by atoms with Gasteiger partial charge in [-0.2, -0.15) is 12.6 Å². The van der Waals surface area contributed by atoms with E-state index in [-0.39, 0.29) is 42.1 Å². The second-order valence-corrected chi connectivity index (χ2v) is 11.1. The molecule has 1 saturated carbocycles. The van der Waals surface area contributed by atoms with Crippen LogP contribution < -0.4 is 15.5 Å². The first-order chi connectivity index (χ1) is 18.0. The molecule has 202 valence electrons. The highest BCUT2D eigenvalue weighted by Gasteiger charge is 2.38. The van der Waals surface area contributed by atoms with Gasteiger partial charge in [-0.15, -0.1) is 0 Å². The second kappa shape index (κ2) is 13.3. The van der Waals surface area contributed by atoms with E-state index in [1.54, 1.807) is 9.80 Å². The fourth-order valence-electron chi connectivity index (χ4n) is 5.84. The molecule has 0 unspecified atom stereocenters. The molecule has 1 aromatic carbocycles. The largest absolute Gasteiger partial charge is 0.352 e. The highest BCUT2D eigenvalue weighted by Crippen LogP contribution is 2.29. The summed E-state index contributed by atoms with van der Waals surface area (Å²) in [5.41, 5.74) is 0.699. The topological polar surface area (TPSA) is 98.8 Å². The van der Waals surface area contributed by atoms with Crippen molar-refractivity contribution in [2.45, 2.75) is 88.8 Å². The Hall–Kier alpha value is -2.55. The maximum absolute atomic E-state index is 13.5. The van der Waals surface area contributed by atoms with Gasteiger partial charge >= 0.3 is 0 Å². The van der Waals surface area contributed by atoms with Crippen molar-refractivity contribution in [2.24, 2.45) is 5.92 Å². The summed E-state index contributed by atoms with van der Waals surface area (Å²) >= 11 is 4.27. The van der Waals surface area contributed by atoms with E-state index in [9.17, 15) is 19.2 Å². The Kier molecular flexibility index (Phi) is 9.88. The van der Waals surface area contributed by atoms with Crippen LogP contribution in [-0.2, 0) is 19.2 Å². The molecule has 1 aromatic rings. The number of hydrogen-bond acceptors (Lipinski definition) is 5. The lowest BCUT2D eigenvalue weighted by Gasteiger charge is -2.33. The number of thiol groups is 1. The van der Waals surface area contributed by atoms with Crippen LogP contribution >= 0.6 is 12.6 Å². The molecule has 2 bridgehead atoms. The fourth-order valence-corrected chi connectivity index (χ4v) is 6.06. The van der Waals surface area contributed by atoms with Crippen molar-refractivity contribution in [1.29, 1.82) is 0 Å². The number of nitrogens with one attached hydrogen (secondary N) is 2. The van der Waals surface area contributed by atoms with E-state index in [1.165, 1.54) is 0 Å². The van der Waals surface area contributed by atoms with Crippen LogP contribution in [0.3, 0.4) is 0 Å². The number of hydrogen-bond donors (Lipinski definition) is 3. The monoisotopic (exact) mass is 528 g/mol. The van der Waals surface area contributed by atoms with Gasteiger partial charge in [0.05, 0.1) is 0 Å². The Balaban J connectivity index is 1.57. The number of anilines is 1. The van der Waals surface area contributed by atoms with Gasteiger partial charge in [0.15, 0.2) is 0 Å². The number of carbonyl (C=O) groups excluding carboxylic acids is 4. The summed E-state index contributed by atoms with van der Waals surface area (Å²) in [6.45, 7) is 0.382. The summed E-state index contributed by atoms with van der Waals surface area (Å²) < 4.78 is 0. The number of benzene rings is 1. The summed E-state index contributed by atoms with van der Waals surface area (Å²) in [5, 5.41) is 6.15. The zero-order chi connectivity index (χ0) is 26.2. The second-order valence-electron chi connectivity index (χ2n) is 10.6. The first-order valence-electron chi connectivity index (χ1n) is 13.8. The van der Waals surface area contributed by atoms with Crippen molar-refractivity contribution >= 4 is 41.9 Å². The van der Waals surface area contributed by atoms with E-state index in [2.05, 4.69) is 23.3 Å². The van der Waals surface area contributed by atoms with Gasteiger partial charge in [-0.25, -0.2) is 0 Å². The third-order valence-electron chi connectivity index (χ3n) is 7.98. The molecule has 1 aliphatic carbocycles. The average Bonchev–Trinajstić information content (AvgIpc) is 3.40. The molecule has 2 N–H and O–H groups in total. The first kappa shape index (κ1) is 27.5. The number of carbonyl (C=O) groups is 4. The van der Waals surface area contributed by atoms with Crippen molar-refractivity contribution in [1.82, 2.24) is 15.5 Å². The van der Waals surface area contributed by atoms with Gasteiger partial charge in [0, 0.05) is 24.7 Å². The Bertz CT molecular complexity index is 951. The van der Waals surface area contributed by atoms with E-state index in [4.69, 9.17) is 0 Å². The highest BCUT2D eigenvalue weighted by atomic mass is 32.1. The molecule has 2 atom stereocenters. The Morgan fingerprint density at radius 1 is 0.838 bits per heavy atom. The molecule has 3 heterocycles. The SMILES string of the molecule is O=C1NC2CCC(CC2)CC(=O)N(c2ccccc2)CC(=O)N2CCC[C@H]2C(=O)N[C@H]1CCCCCS. The summed E-state index contributed by atoms with van der Waals surface area (Å²) in [7, 11) is 0. The Morgan fingerprint density at radius 2 is 1.59 bits per heavy atom. The molecule has 0 radical (unpaired) electrons. The molecule has 9 heteroatoms. The van der Waals surface area contributed by atoms with E-state index >= 15 is 0 Å². The average molecular weight is 529 g/mol. The number of nitrogens with zero attached hydrogens (tertiary/aromatic N) is 2. The van der Waals surface area contributed by atoms with Gasteiger partial charge in [-0.1, -0.05) is 31.0 Å². The van der Waals surface area contributed by atoms with E-state index in [1.807, 2.05) is 30.3 Å². The predicted octanol–water partition coefficient (Wildman–Crippen LogP) is 3.06. The van der Waals surface area contributed by atoms with Gasteiger partial charge < -0.3 is 20.4 Å². The van der Waals surface area contributed by atoms with Crippen LogP contribution in [0.4, 0.5) is 5.69 Å². The Morgan fingerprint density at radius 3 is 2.32 bits per heavy atom. The molecular weight excluding hydrogens is 488 g/mol. The number of unbranched alkanes of at least 4 members (excludes halogenated alkanes) is 2. The van der Waals surface area contributed by atoms with Crippen LogP contribution in [-0.4, -0.2) is 65.5 Å². The summed E-state index contributed by atoms with van der Waals surface area (Å²) in [5.74, 6) is 0.298. The van der Waals surface area contributed by atoms with Crippen molar-refractivity contribution in [2.75, 3.05) is 23.7 Å². The standard InChI is InChI=1S/C28H40N4O4S/c33-25-18-20-12-14-21(15-13-20)29-27(35)23(10-5-2-6-17-37)30-28(36)24-11-7-16-31(24)26(34)19-32(25)22-8-3-1-4-9-22/h1,3-4,8-9,20-21,23-24,37H,2,5-7,10-19H2,(H,29,35)(H,30,36)/t20?,21?,23-,24-/m0/s1. The maximum atomic E-state index is 13.5. The molecule has 8 nitrogen and oxygen atoms in total. The van der Waals surface area contributed by atoms with Gasteiger partial charge in [-0.3, -0.25) is 19.2 Å². The zero-order valence-electron chi connectivity index (χ0n) is 21.6. The van der Waals surface area contributed by atoms with Gasteiger partial charge in [-0.05, 0) is 75.2 Å². The van der Waals surface area contributed by atoms with E-state index < -0.39 is 12.1 Å². The number of para-hydroxylation sites is 1. The third-order valence-corrected chi connectivity index (χ3v) is 8.29. The molecule has 3 aliphatic heterocycles. The van der Waals surface area contributed by atoms with Gasteiger partial charge in [0.25, 0.3) is 0 Å². The normalized spacial score (nSPS) is 27.7. The lowest BCUT2D eigenvalue weighted by Crippen LogP contribution is -2.56. The van der Waals surface area contributed by atoms with Crippen LogP contribution in [0.2, 0.25) is 0 Å². The highest BCUT2D eigenvalue weighted by molar-refractivity contribution is 7.80. The minimum Gasteiger partial charge on any atom is -0.352 e. The zero-order valence-corrected chi connectivity index (χ0v) is 22.5. The van der Waals surface area contributed by atoms with Gasteiger partial charge in [0.1, 0.15) is 18.6 Å². The van der Waals surface area contributed by atoms with Crippen LogP contribution in [0.5, 0.6) is 0 Å². The van der Waals surface area contributed by atoms with Crippen LogP contribution in [0, 0.1) is 5.92 Å². The van der Waals surface area contributed by atoms with Crippen molar-refractivity contribution in [3.63, 3.8) is 0 Å². The van der Waals surface area contributed by atoms with Crippen LogP contribution in [0.15, 0.2) is 30.3 Å². The Labute approximate surface area is 225 Å². The maximum Gasteiger partial charge on any atom is 0.243 e. The third kappa shape index (κ3) is 7.27. The number of rotatable bonds is 6. The molecular formula is C28H40N4O4S. The molecule has 0 aromatic heterocycles. The summed E-state index contributed by atoms with van der Waals surface area (Å²) in [6.07, 6.45) is 8.27. The first-order valence-corrected chi connectivity index (χ1v) is 14.5.